The Morgan fingerprint density at radius 2 is 0.765 bits per heavy atom. The minimum atomic E-state index is -4.47. The molecule has 0 radical (unpaired) electrons. The van der Waals surface area contributed by atoms with Gasteiger partial charge in [0.15, 0.2) is 0 Å². The first kappa shape index (κ1) is 78.2. The number of ether oxygens (including phenoxy) is 1. The fourth-order valence-electron chi connectivity index (χ4n) is 9.55. The van der Waals surface area contributed by atoms with Crippen molar-refractivity contribution in [3.63, 3.8) is 0 Å². The Hall–Kier alpha value is -2.81. The van der Waals surface area contributed by atoms with Crippen LogP contribution in [-0.2, 0) is 27.9 Å². The third-order valence-electron chi connectivity index (χ3n) is 14.8. The van der Waals surface area contributed by atoms with Gasteiger partial charge in [-0.1, -0.05) is 273 Å². The fourth-order valence-corrected chi connectivity index (χ4v) is 10.3. The summed E-state index contributed by atoms with van der Waals surface area (Å²) in [5, 5.41) is 3.05. The molecule has 10 heteroatoms. The summed E-state index contributed by atoms with van der Waals surface area (Å²) in [6.07, 6.45) is 80.2. The summed E-state index contributed by atoms with van der Waals surface area (Å²) in [5.74, 6) is -0.565. The van der Waals surface area contributed by atoms with Crippen molar-refractivity contribution in [2.24, 2.45) is 0 Å². The van der Waals surface area contributed by atoms with Crippen LogP contribution >= 0.6 is 7.82 Å². The standard InChI is InChI=1S/C71H129N2O7P/c1-7-10-13-16-19-22-25-28-30-32-33-34-35-36-37-38-39-41-42-45-48-51-54-57-60-63-70(74)72-68(67-79-81(76,77)78-66-65-73(4,5)6)69(62-59-56-53-50-47-44-27-24-21-18-15-12-9-3)80-71(75)64-61-58-55-52-49-46-43-40-31-29-26-23-20-17-14-11-8-2/h19-20,22-23,28-31,43,46,52,55,59,62,68-69H,7-18,21,24-27,32-42,44-45,47-51,53-54,56-58,60-61,63-67H2,1-6H3,(H-,72,74,76,77)/p+1/b22-19-,23-20-,30-28-,31-29-,46-43-,55-52-,62-59-. The number of quaternary nitrogens is 1. The van der Waals surface area contributed by atoms with Crippen molar-refractivity contribution >= 4 is 19.7 Å². The van der Waals surface area contributed by atoms with Gasteiger partial charge in [-0.2, -0.15) is 0 Å². The lowest BCUT2D eigenvalue weighted by molar-refractivity contribution is -0.870. The van der Waals surface area contributed by atoms with E-state index in [4.69, 9.17) is 13.8 Å². The molecule has 0 aromatic heterocycles. The molecule has 0 aromatic rings. The van der Waals surface area contributed by atoms with E-state index in [0.717, 1.165) is 70.6 Å². The molecular weight excluding hydrogens is 1020 g/mol. The second kappa shape index (κ2) is 60.3. The second-order valence-corrected chi connectivity index (χ2v) is 25.4. The van der Waals surface area contributed by atoms with Crippen LogP contribution in [0.2, 0.25) is 0 Å². The molecule has 0 fully saturated rings. The molecule has 0 spiro atoms. The maximum absolute atomic E-state index is 13.6. The number of hydrogen-bond donors (Lipinski definition) is 2. The zero-order valence-electron chi connectivity index (χ0n) is 53.8. The number of carbonyl (C=O) groups excluding carboxylic acids is 2. The van der Waals surface area contributed by atoms with E-state index < -0.39 is 20.0 Å². The molecule has 1 amide bonds. The molecule has 2 N–H and O–H groups in total. The van der Waals surface area contributed by atoms with Crippen molar-refractivity contribution in [1.82, 2.24) is 5.32 Å². The monoisotopic (exact) mass is 1150 g/mol. The third-order valence-corrected chi connectivity index (χ3v) is 15.8. The van der Waals surface area contributed by atoms with Gasteiger partial charge in [0.1, 0.15) is 19.3 Å². The number of allylic oxidation sites excluding steroid dienone is 13. The van der Waals surface area contributed by atoms with Crippen molar-refractivity contribution in [2.45, 2.75) is 315 Å². The van der Waals surface area contributed by atoms with Gasteiger partial charge in [-0.3, -0.25) is 18.6 Å². The van der Waals surface area contributed by atoms with Crippen molar-refractivity contribution in [3.05, 3.63) is 85.1 Å². The van der Waals surface area contributed by atoms with E-state index in [2.05, 4.69) is 99.0 Å². The van der Waals surface area contributed by atoms with Crippen LogP contribution in [-0.4, -0.2) is 74.3 Å². The van der Waals surface area contributed by atoms with E-state index >= 15 is 0 Å². The number of amides is 1. The molecule has 0 aliphatic rings. The Morgan fingerprint density at radius 1 is 0.432 bits per heavy atom. The zero-order chi connectivity index (χ0) is 59.3. The lowest BCUT2D eigenvalue weighted by Crippen LogP contribution is -2.47. The van der Waals surface area contributed by atoms with Gasteiger partial charge in [0.25, 0.3) is 0 Å². The van der Waals surface area contributed by atoms with E-state index in [0.29, 0.717) is 23.9 Å². The number of carbonyl (C=O) groups is 2. The first-order valence-electron chi connectivity index (χ1n) is 33.9. The number of hydrogen-bond acceptors (Lipinski definition) is 6. The quantitative estimate of drug-likeness (QED) is 0.0205. The highest BCUT2D eigenvalue weighted by Crippen LogP contribution is 2.43. The van der Waals surface area contributed by atoms with Crippen molar-refractivity contribution in [2.75, 3.05) is 40.9 Å². The average molecular weight is 1150 g/mol. The molecule has 0 aromatic carbocycles. The number of phosphoric ester groups is 1. The Bertz CT molecular complexity index is 1660. The van der Waals surface area contributed by atoms with Crippen molar-refractivity contribution < 1.29 is 37.3 Å². The van der Waals surface area contributed by atoms with Gasteiger partial charge in [0.05, 0.1) is 33.8 Å². The van der Waals surface area contributed by atoms with E-state index in [1.54, 1.807) is 0 Å². The molecule has 0 aliphatic carbocycles. The molecule has 0 heterocycles. The molecule has 0 bridgehead atoms. The lowest BCUT2D eigenvalue weighted by atomic mass is 10.0. The third kappa shape index (κ3) is 61.6. The fraction of sp³-hybridized carbons (Fsp3) is 0.775. The number of nitrogens with zero attached hydrogens (tertiary/aromatic N) is 1. The smallest absolute Gasteiger partial charge is 0.456 e. The summed E-state index contributed by atoms with van der Waals surface area (Å²) in [5.41, 5.74) is 0. The van der Waals surface area contributed by atoms with E-state index in [1.165, 1.54) is 193 Å². The number of esters is 1. The van der Waals surface area contributed by atoms with Crippen LogP contribution in [0.1, 0.15) is 303 Å². The molecule has 0 saturated carbocycles. The van der Waals surface area contributed by atoms with Gasteiger partial charge in [-0.25, -0.2) is 4.57 Å². The van der Waals surface area contributed by atoms with E-state index in [-0.39, 0.29) is 31.5 Å². The minimum absolute atomic E-state index is 0.0298. The Balaban J connectivity index is 5.18. The highest BCUT2D eigenvalue weighted by molar-refractivity contribution is 7.47. The molecule has 3 atom stereocenters. The highest BCUT2D eigenvalue weighted by Gasteiger charge is 2.30. The predicted octanol–water partition coefficient (Wildman–Crippen LogP) is 21.3. The Morgan fingerprint density at radius 3 is 1.17 bits per heavy atom. The Kier molecular flexibility index (Phi) is 58.2. The summed E-state index contributed by atoms with van der Waals surface area (Å²) in [7, 11) is 1.47. The molecule has 3 unspecified atom stereocenters. The number of nitrogens with one attached hydrogen (secondary N) is 1. The SMILES string of the molecule is CCCCC/C=C\C/C=C\C/C=C\C/C=C\CCCC(=O)OC(/C=C\CCCCCCCCCCCCC)C(COP(=O)(O)OCC[N+](C)(C)C)NC(=O)CCCCCCCCCCCCCCCCC/C=C\C/C=C\CCCCC. The summed E-state index contributed by atoms with van der Waals surface area (Å²) < 4.78 is 30.7. The van der Waals surface area contributed by atoms with Crippen molar-refractivity contribution in [1.29, 1.82) is 0 Å². The average Bonchev–Trinajstić information content (AvgIpc) is 3.44. The summed E-state index contributed by atoms with van der Waals surface area (Å²) in [6.45, 7) is 6.95. The number of rotatable bonds is 61. The number of phosphoric acid groups is 1. The highest BCUT2D eigenvalue weighted by atomic mass is 31.2. The van der Waals surface area contributed by atoms with Gasteiger partial charge < -0.3 is 19.4 Å². The van der Waals surface area contributed by atoms with E-state index in [9.17, 15) is 19.0 Å². The van der Waals surface area contributed by atoms with Crippen LogP contribution < -0.4 is 5.32 Å². The van der Waals surface area contributed by atoms with E-state index in [1.807, 2.05) is 33.3 Å². The topological polar surface area (TPSA) is 111 Å². The largest absolute Gasteiger partial charge is 0.472 e. The normalized spacial score (nSPS) is 14.1. The van der Waals surface area contributed by atoms with Crippen LogP contribution in [0.15, 0.2) is 85.1 Å². The zero-order valence-corrected chi connectivity index (χ0v) is 54.7. The van der Waals surface area contributed by atoms with Crippen LogP contribution in [0.5, 0.6) is 0 Å². The van der Waals surface area contributed by atoms with Gasteiger partial charge in [-0.15, -0.1) is 0 Å². The van der Waals surface area contributed by atoms with Crippen LogP contribution in [0.3, 0.4) is 0 Å². The van der Waals surface area contributed by atoms with Crippen molar-refractivity contribution in [3.8, 4) is 0 Å². The van der Waals surface area contributed by atoms with Gasteiger partial charge in [0, 0.05) is 12.8 Å². The van der Waals surface area contributed by atoms with Gasteiger partial charge in [-0.05, 0) is 102 Å². The minimum Gasteiger partial charge on any atom is -0.456 e. The van der Waals surface area contributed by atoms with Gasteiger partial charge in [0.2, 0.25) is 5.91 Å². The maximum atomic E-state index is 13.6. The summed E-state index contributed by atoms with van der Waals surface area (Å²) in [6, 6.07) is -0.874. The van der Waals surface area contributed by atoms with Crippen LogP contribution in [0, 0.1) is 0 Å². The number of unbranched alkanes of at least 4 members (excludes halogenated alkanes) is 33. The maximum Gasteiger partial charge on any atom is 0.472 e. The summed E-state index contributed by atoms with van der Waals surface area (Å²) in [4.78, 5) is 37.8. The molecule has 470 valence electrons. The Labute approximate surface area is 501 Å². The van der Waals surface area contributed by atoms with Crippen LogP contribution in [0.25, 0.3) is 0 Å². The predicted molar refractivity (Wildman–Crippen MR) is 351 cm³/mol. The lowest BCUT2D eigenvalue weighted by Gasteiger charge is -2.27. The summed E-state index contributed by atoms with van der Waals surface area (Å²) >= 11 is 0. The molecular formula is C71H130N2O7P+. The molecule has 0 saturated heterocycles. The van der Waals surface area contributed by atoms with Crippen LogP contribution in [0.4, 0.5) is 0 Å². The molecule has 9 nitrogen and oxygen atoms in total. The first-order valence-corrected chi connectivity index (χ1v) is 35.4. The van der Waals surface area contributed by atoms with Gasteiger partial charge >= 0.3 is 13.8 Å². The number of likely N-dealkylation sites (N-methyl/N-ethyl adjacent to an activating group) is 1. The molecule has 81 heavy (non-hydrogen) atoms. The first-order chi connectivity index (χ1) is 39.4. The second-order valence-electron chi connectivity index (χ2n) is 24.0. The molecule has 0 rings (SSSR count). The molecule has 0 aliphatic heterocycles.